The third kappa shape index (κ3) is 3.74. The molecule has 0 radical (unpaired) electrons. The number of aromatic amines is 1. The highest BCUT2D eigenvalue weighted by molar-refractivity contribution is 5.87. The van der Waals surface area contributed by atoms with Crippen molar-refractivity contribution in [2.45, 2.75) is 6.61 Å². The minimum Gasteiger partial charge on any atom is -0.452 e. The van der Waals surface area contributed by atoms with Gasteiger partial charge in [-0.15, -0.1) is 0 Å². The number of nitrogens with zero attached hydrogens (tertiary/aromatic N) is 2. The van der Waals surface area contributed by atoms with E-state index in [2.05, 4.69) is 9.97 Å². The Balaban J connectivity index is 1.47. The molecule has 0 saturated carbocycles. The Bertz CT molecular complexity index is 1270. The molecule has 0 saturated heterocycles. The Kier molecular flexibility index (Phi) is 4.62. The first-order chi connectivity index (χ1) is 14.0. The number of hydrogen-bond donors (Lipinski definition) is 1. The van der Waals surface area contributed by atoms with Gasteiger partial charge in [-0.3, -0.25) is 14.9 Å². The van der Waals surface area contributed by atoms with E-state index in [4.69, 9.17) is 9.15 Å². The van der Waals surface area contributed by atoms with E-state index in [1.807, 2.05) is 0 Å². The van der Waals surface area contributed by atoms with Gasteiger partial charge in [-0.05, 0) is 36.4 Å². The Morgan fingerprint density at radius 3 is 2.62 bits per heavy atom. The summed E-state index contributed by atoms with van der Waals surface area (Å²) < 4.78 is 10.6. The van der Waals surface area contributed by atoms with Crippen molar-refractivity contribution in [3.05, 3.63) is 92.7 Å². The predicted molar refractivity (Wildman–Crippen MR) is 102 cm³/mol. The van der Waals surface area contributed by atoms with Gasteiger partial charge in [0.15, 0.2) is 0 Å². The van der Waals surface area contributed by atoms with Crippen LogP contribution in [0.15, 0.2) is 69.9 Å². The van der Waals surface area contributed by atoms with Crippen LogP contribution in [0.4, 0.5) is 5.69 Å². The number of H-pyrrole nitrogens is 1. The van der Waals surface area contributed by atoms with E-state index in [9.17, 15) is 19.7 Å². The van der Waals surface area contributed by atoms with Crippen LogP contribution in [0.5, 0.6) is 0 Å². The molecule has 2 heterocycles. The number of benzene rings is 2. The van der Waals surface area contributed by atoms with E-state index in [0.29, 0.717) is 22.2 Å². The van der Waals surface area contributed by atoms with Gasteiger partial charge in [0.25, 0.3) is 11.2 Å². The van der Waals surface area contributed by atoms with Crippen molar-refractivity contribution < 1.29 is 18.9 Å². The normalized spacial score (nSPS) is 10.8. The largest absolute Gasteiger partial charge is 0.452 e. The molecule has 0 amide bonds. The zero-order chi connectivity index (χ0) is 20.4. The first-order valence-corrected chi connectivity index (χ1v) is 8.51. The lowest BCUT2D eigenvalue weighted by Gasteiger charge is -2.04. The lowest BCUT2D eigenvalue weighted by atomic mass is 10.1. The van der Waals surface area contributed by atoms with Gasteiger partial charge in [0.05, 0.1) is 15.8 Å². The Hall–Kier alpha value is -4.27. The van der Waals surface area contributed by atoms with Gasteiger partial charge in [0.2, 0.25) is 5.76 Å². The molecule has 0 aliphatic rings. The number of furan rings is 1. The summed E-state index contributed by atoms with van der Waals surface area (Å²) in [4.78, 5) is 41.3. The van der Waals surface area contributed by atoms with Gasteiger partial charge in [0, 0.05) is 17.7 Å². The number of non-ortho nitro benzene ring substituents is 1. The lowest BCUT2D eigenvalue weighted by Crippen LogP contribution is -2.14. The molecule has 2 aromatic heterocycles. The summed E-state index contributed by atoms with van der Waals surface area (Å²) in [7, 11) is 0. The maximum absolute atomic E-state index is 12.2. The third-order valence-electron chi connectivity index (χ3n) is 4.17. The van der Waals surface area contributed by atoms with Gasteiger partial charge in [-0.25, -0.2) is 9.78 Å². The fraction of sp³-hybridized carbons (Fsp3) is 0.0500. The number of esters is 1. The number of hydrogen-bond acceptors (Lipinski definition) is 7. The van der Waals surface area contributed by atoms with Crippen molar-refractivity contribution in [1.82, 2.24) is 9.97 Å². The average Bonchev–Trinajstić information content (AvgIpc) is 3.22. The quantitative estimate of drug-likeness (QED) is 0.313. The van der Waals surface area contributed by atoms with E-state index in [-0.39, 0.29) is 29.4 Å². The number of nitro benzene ring substituents is 1. The SMILES string of the molecule is O=C(OCc1nc2ccccc2c(=O)[nH]1)c1ccc(-c2ccc([N+](=O)[O-])cc2)o1. The highest BCUT2D eigenvalue weighted by Gasteiger charge is 2.15. The fourth-order valence-corrected chi connectivity index (χ4v) is 2.76. The van der Waals surface area contributed by atoms with Crippen molar-refractivity contribution in [3.8, 4) is 11.3 Å². The monoisotopic (exact) mass is 391 g/mol. The highest BCUT2D eigenvalue weighted by atomic mass is 16.6. The van der Waals surface area contributed by atoms with Crippen LogP contribution in [0.1, 0.15) is 16.4 Å². The van der Waals surface area contributed by atoms with E-state index in [0.717, 1.165) is 0 Å². The van der Waals surface area contributed by atoms with Crippen LogP contribution in [0.25, 0.3) is 22.2 Å². The van der Waals surface area contributed by atoms with Crippen molar-refractivity contribution in [1.29, 1.82) is 0 Å². The van der Waals surface area contributed by atoms with E-state index in [1.54, 1.807) is 30.3 Å². The molecule has 9 heteroatoms. The van der Waals surface area contributed by atoms with Crippen molar-refractivity contribution in [3.63, 3.8) is 0 Å². The molecule has 4 rings (SSSR count). The topological polar surface area (TPSA) is 128 Å². The summed E-state index contributed by atoms with van der Waals surface area (Å²) in [6, 6.07) is 15.6. The maximum Gasteiger partial charge on any atom is 0.374 e. The zero-order valence-corrected chi connectivity index (χ0v) is 14.8. The number of carbonyl (C=O) groups is 1. The average molecular weight is 391 g/mol. The second-order valence-corrected chi connectivity index (χ2v) is 6.07. The molecule has 29 heavy (non-hydrogen) atoms. The molecular formula is C20H13N3O6. The molecule has 4 aromatic rings. The van der Waals surface area contributed by atoms with Gasteiger partial charge < -0.3 is 14.1 Å². The number of para-hydroxylation sites is 1. The molecule has 0 aliphatic carbocycles. The van der Waals surface area contributed by atoms with E-state index in [1.165, 1.54) is 30.3 Å². The minimum absolute atomic E-state index is 0.0403. The Labute approximate surface area is 162 Å². The third-order valence-corrected chi connectivity index (χ3v) is 4.17. The summed E-state index contributed by atoms with van der Waals surface area (Å²) in [5, 5.41) is 11.2. The molecule has 9 nitrogen and oxygen atoms in total. The molecule has 1 N–H and O–H groups in total. The summed E-state index contributed by atoms with van der Waals surface area (Å²) in [5.41, 5.74) is 0.716. The first-order valence-electron chi connectivity index (χ1n) is 8.51. The van der Waals surface area contributed by atoms with Crippen LogP contribution in [0, 0.1) is 10.1 Å². The number of carbonyl (C=O) groups excluding carboxylic acids is 1. The number of nitro groups is 1. The van der Waals surface area contributed by atoms with Crippen LogP contribution in [-0.2, 0) is 11.3 Å². The number of ether oxygens (including phenoxy) is 1. The highest BCUT2D eigenvalue weighted by Crippen LogP contribution is 2.25. The van der Waals surface area contributed by atoms with Crippen LogP contribution in [0.2, 0.25) is 0 Å². The number of nitrogens with one attached hydrogen (secondary N) is 1. The van der Waals surface area contributed by atoms with Gasteiger partial charge >= 0.3 is 5.97 Å². The van der Waals surface area contributed by atoms with E-state index < -0.39 is 10.9 Å². The minimum atomic E-state index is -0.728. The predicted octanol–water partition coefficient (Wildman–Crippen LogP) is 3.45. The molecule has 2 aromatic carbocycles. The molecule has 0 fully saturated rings. The Morgan fingerprint density at radius 2 is 1.86 bits per heavy atom. The van der Waals surface area contributed by atoms with Crippen LogP contribution >= 0.6 is 0 Å². The molecule has 0 bridgehead atoms. The van der Waals surface area contributed by atoms with Crippen molar-refractivity contribution in [2.75, 3.05) is 0 Å². The lowest BCUT2D eigenvalue weighted by molar-refractivity contribution is -0.384. The first kappa shape index (κ1) is 18.1. The zero-order valence-electron chi connectivity index (χ0n) is 14.8. The smallest absolute Gasteiger partial charge is 0.374 e. The summed E-state index contributed by atoms with van der Waals surface area (Å²) in [6.07, 6.45) is 0. The summed E-state index contributed by atoms with van der Waals surface area (Å²) in [5.74, 6) is -0.191. The maximum atomic E-state index is 12.2. The molecule has 0 unspecified atom stereocenters. The van der Waals surface area contributed by atoms with Crippen molar-refractivity contribution >= 4 is 22.6 Å². The Morgan fingerprint density at radius 1 is 1.10 bits per heavy atom. The molecule has 0 aliphatic heterocycles. The van der Waals surface area contributed by atoms with Crippen molar-refractivity contribution in [2.24, 2.45) is 0 Å². The summed E-state index contributed by atoms with van der Waals surface area (Å²) in [6.45, 7) is -0.230. The molecule has 144 valence electrons. The van der Waals surface area contributed by atoms with E-state index >= 15 is 0 Å². The van der Waals surface area contributed by atoms with Gasteiger partial charge in [-0.2, -0.15) is 0 Å². The van der Waals surface area contributed by atoms with Crippen LogP contribution in [-0.4, -0.2) is 20.9 Å². The number of fused-ring (bicyclic) bond motifs is 1. The van der Waals surface area contributed by atoms with Crippen LogP contribution in [0.3, 0.4) is 0 Å². The number of aromatic nitrogens is 2. The second kappa shape index (κ2) is 7.39. The molecule has 0 spiro atoms. The van der Waals surface area contributed by atoms with Gasteiger partial charge in [-0.1, -0.05) is 12.1 Å². The fourth-order valence-electron chi connectivity index (χ4n) is 2.76. The molecular weight excluding hydrogens is 378 g/mol. The standard InChI is InChI=1S/C20H13N3O6/c24-19-14-3-1-2-4-15(14)21-18(22-19)11-28-20(25)17-10-9-16(29-17)12-5-7-13(8-6-12)23(26)27/h1-10H,11H2,(H,21,22,24). The van der Waals surface area contributed by atoms with Crippen LogP contribution < -0.4 is 5.56 Å². The summed E-state index contributed by atoms with van der Waals surface area (Å²) >= 11 is 0. The van der Waals surface area contributed by atoms with Gasteiger partial charge in [0.1, 0.15) is 18.2 Å². The second-order valence-electron chi connectivity index (χ2n) is 6.07. The molecule has 0 atom stereocenters. The number of rotatable bonds is 5.